The van der Waals surface area contributed by atoms with Crippen LogP contribution in [0.3, 0.4) is 0 Å². The standard InChI is InChI=1S/C25H30ClF2N5O5/c1-24(2,3)38-23(36)32-20(16-6-5-7-17(26)10-16)21(34)31-19-11-15(8-9-29-19)18(12-37-4)33-14-25(27,28)13-30-22(33)35/h5-11,18,20H,12-14H2,1-4H3,(H,30,35)(H,32,36)(H,29,31,34)/t18-,20+/m1/s1. The number of methoxy groups -OCH3 is 1. The Morgan fingerprint density at radius 2 is 1.97 bits per heavy atom. The first-order valence-electron chi connectivity index (χ1n) is 11.7. The normalized spacial score (nSPS) is 16.7. The highest BCUT2D eigenvalue weighted by Crippen LogP contribution is 2.29. The average molecular weight is 554 g/mol. The number of alkyl halides is 2. The number of alkyl carbamates (subject to hydrolysis) is 1. The molecule has 1 aliphatic heterocycles. The van der Waals surface area contributed by atoms with Gasteiger partial charge in [-0.2, -0.15) is 0 Å². The van der Waals surface area contributed by atoms with Gasteiger partial charge in [-0.25, -0.2) is 23.4 Å². The fraction of sp³-hybridized carbons (Fsp3) is 0.440. The number of nitrogens with one attached hydrogen (secondary N) is 3. The molecule has 2 aromatic rings. The molecule has 3 N–H and O–H groups in total. The third kappa shape index (κ3) is 7.99. The zero-order valence-electron chi connectivity index (χ0n) is 21.4. The van der Waals surface area contributed by atoms with Crippen LogP contribution in [0, 0.1) is 0 Å². The van der Waals surface area contributed by atoms with Crippen molar-refractivity contribution < 1.29 is 32.6 Å². The highest BCUT2D eigenvalue weighted by Gasteiger charge is 2.42. The lowest BCUT2D eigenvalue weighted by Crippen LogP contribution is -2.58. The molecule has 0 spiro atoms. The van der Waals surface area contributed by atoms with E-state index < -0.39 is 54.7 Å². The summed E-state index contributed by atoms with van der Waals surface area (Å²) in [5, 5.41) is 7.70. The summed E-state index contributed by atoms with van der Waals surface area (Å²) in [6.07, 6.45) is 0.542. The number of carbonyl (C=O) groups excluding carboxylic acids is 3. The van der Waals surface area contributed by atoms with E-state index >= 15 is 0 Å². The fourth-order valence-corrected chi connectivity index (χ4v) is 3.99. The van der Waals surface area contributed by atoms with Crippen molar-refractivity contribution in [3.63, 3.8) is 0 Å². The quantitative estimate of drug-likeness (QED) is 0.448. The van der Waals surface area contributed by atoms with Gasteiger partial charge in [0, 0.05) is 18.3 Å². The van der Waals surface area contributed by atoms with Crippen LogP contribution in [0.4, 0.5) is 24.2 Å². The molecule has 4 amide bonds. The molecule has 2 heterocycles. The van der Waals surface area contributed by atoms with Crippen LogP contribution in [-0.2, 0) is 14.3 Å². The number of aromatic nitrogens is 1. The highest BCUT2D eigenvalue weighted by molar-refractivity contribution is 6.30. The molecule has 13 heteroatoms. The second-order valence-corrected chi connectivity index (χ2v) is 10.1. The average Bonchev–Trinajstić information content (AvgIpc) is 2.81. The molecule has 10 nitrogen and oxygen atoms in total. The van der Waals surface area contributed by atoms with Crippen LogP contribution < -0.4 is 16.0 Å². The number of anilines is 1. The summed E-state index contributed by atoms with van der Waals surface area (Å²) < 4.78 is 38.6. The van der Waals surface area contributed by atoms with Crippen LogP contribution in [0.1, 0.15) is 44.0 Å². The first kappa shape index (κ1) is 29.1. The van der Waals surface area contributed by atoms with Gasteiger partial charge in [0.2, 0.25) is 0 Å². The third-order valence-electron chi connectivity index (χ3n) is 5.39. The number of hydrogen-bond acceptors (Lipinski definition) is 6. The van der Waals surface area contributed by atoms with Crippen molar-refractivity contribution >= 4 is 35.5 Å². The Balaban J connectivity index is 1.86. The van der Waals surface area contributed by atoms with E-state index in [-0.39, 0.29) is 12.4 Å². The lowest BCUT2D eigenvalue weighted by Gasteiger charge is -2.38. The predicted octanol–water partition coefficient (Wildman–Crippen LogP) is 4.29. The number of hydrogen-bond donors (Lipinski definition) is 3. The molecule has 1 aromatic heterocycles. The lowest BCUT2D eigenvalue weighted by atomic mass is 10.0. The summed E-state index contributed by atoms with van der Waals surface area (Å²) in [5.74, 6) is -3.72. The Hall–Kier alpha value is -3.51. The number of ether oxygens (including phenoxy) is 2. The molecule has 0 unspecified atom stereocenters. The summed E-state index contributed by atoms with van der Waals surface area (Å²) in [4.78, 5) is 43.3. The minimum absolute atomic E-state index is 0.0656. The highest BCUT2D eigenvalue weighted by atomic mass is 35.5. The zero-order valence-corrected chi connectivity index (χ0v) is 22.1. The summed E-state index contributed by atoms with van der Waals surface area (Å²) in [5.41, 5.74) is -0.00521. The van der Waals surface area contributed by atoms with Gasteiger partial charge in [0.15, 0.2) is 0 Å². The molecule has 38 heavy (non-hydrogen) atoms. The maximum atomic E-state index is 14.1. The topological polar surface area (TPSA) is 122 Å². The van der Waals surface area contributed by atoms with Crippen molar-refractivity contribution in [2.45, 2.75) is 44.4 Å². The smallest absolute Gasteiger partial charge is 0.408 e. The number of halogens is 3. The van der Waals surface area contributed by atoms with Gasteiger partial charge in [0.05, 0.1) is 25.7 Å². The summed E-state index contributed by atoms with van der Waals surface area (Å²) in [6.45, 7) is 3.43. The molecule has 3 rings (SSSR count). The SMILES string of the molecule is COC[C@H](c1ccnc(NC(=O)[C@@H](NC(=O)OC(C)(C)C)c2cccc(Cl)c2)c1)N1CC(F)(F)CNC1=O. The number of nitrogens with zero attached hydrogens (tertiary/aromatic N) is 2. The van der Waals surface area contributed by atoms with Crippen LogP contribution in [0.2, 0.25) is 5.02 Å². The maximum absolute atomic E-state index is 14.1. The molecule has 1 fully saturated rings. The molecule has 1 saturated heterocycles. The van der Waals surface area contributed by atoms with Crippen molar-refractivity contribution in [2.24, 2.45) is 0 Å². The molecule has 0 radical (unpaired) electrons. The third-order valence-corrected chi connectivity index (χ3v) is 5.62. The number of urea groups is 1. The van der Waals surface area contributed by atoms with Crippen LogP contribution in [-0.4, -0.2) is 66.2 Å². The van der Waals surface area contributed by atoms with E-state index in [1.54, 1.807) is 39.0 Å². The van der Waals surface area contributed by atoms with Gasteiger partial charge < -0.3 is 30.3 Å². The minimum Gasteiger partial charge on any atom is -0.444 e. The largest absolute Gasteiger partial charge is 0.444 e. The number of benzene rings is 1. The van der Waals surface area contributed by atoms with Crippen LogP contribution in [0.5, 0.6) is 0 Å². The first-order chi connectivity index (χ1) is 17.8. The van der Waals surface area contributed by atoms with Gasteiger partial charge in [-0.1, -0.05) is 23.7 Å². The van der Waals surface area contributed by atoms with E-state index in [4.69, 9.17) is 21.1 Å². The van der Waals surface area contributed by atoms with E-state index in [1.807, 2.05) is 0 Å². The first-order valence-corrected chi connectivity index (χ1v) is 12.1. The molecule has 206 valence electrons. The van der Waals surface area contributed by atoms with E-state index in [1.165, 1.54) is 31.5 Å². The fourth-order valence-electron chi connectivity index (χ4n) is 3.79. The number of pyridine rings is 1. The van der Waals surface area contributed by atoms with E-state index in [9.17, 15) is 23.2 Å². The molecule has 1 aromatic carbocycles. The summed E-state index contributed by atoms with van der Waals surface area (Å²) >= 11 is 6.10. The van der Waals surface area contributed by atoms with Gasteiger partial charge in [0.25, 0.3) is 11.8 Å². The van der Waals surface area contributed by atoms with Gasteiger partial charge in [0.1, 0.15) is 17.5 Å². The minimum atomic E-state index is -3.12. The Labute approximate surface area is 224 Å². The lowest BCUT2D eigenvalue weighted by molar-refractivity contribution is -0.118. The number of carbonyl (C=O) groups is 3. The molecule has 2 atom stereocenters. The second-order valence-electron chi connectivity index (χ2n) is 9.71. The Morgan fingerprint density at radius 3 is 2.63 bits per heavy atom. The van der Waals surface area contributed by atoms with Crippen LogP contribution in [0.25, 0.3) is 0 Å². The van der Waals surface area contributed by atoms with Gasteiger partial charge >= 0.3 is 12.1 Å². The molecular formula is C25H30ClF2N5O5. The van der Waals surface area contributed by atoms with E-state index in [2.05, 4.69) is 20.9 Å². The molecule has 0 saturated carbocycles. The van der Waals surface area contributed by atoms with Crippen LogP contribution >= 0.6 is 11.6 Å². The second kappa shape index (κ2) is 11.9. The van der Waals surface area contributed by atoms with Gasteiger partial charge in [-0.05, 0) is 56.2 Å². The van der Waals surface area contributed by atoms with Crippen molar-refractivity contribution in [2.75, 3.05) is 32.1 Å². The Morgan fingerprint density at radius 1 is 1.24 bits per heavy atom. The summed E-state index contributed by atoms with van der Waals surface area (Å²) in [6, 6.07) is 6.62. The van der Waals surface area contributed by atoms with E-state index in [0.717, 1.165) is 4.90 Å². The Kier molecular flexibility index (Phi) is 9.10. The molecule has 0 bridgehead atoms. The van der Waals surface area contributed by atoms with Crippen molar-refractivity contribution in [3.05, 3.63) is 58.7 Å². The maximum Gasteiger partial charge on any atom is 0.408 e. The van der Waals surface area contributed by atoms with Crippen molar-refractivity contribution in [3.8, 4) is 0 Å². The molecule has 1 aliphatic rings. The molecule has 0 aliphatic carbocycles. The summed E-state index contributed by atoms with van der Waals surface area (Å²) in [7, 11) is 1.38. The van der Waals surface area contributed by atoms with Crippen molar-refractivity contribution in [1.82, 2.24) is 20.5 Å². The monoisotopic (exact) mass is 553 g/mol. The van der Waals surface area contributed by atoms with E-state index in [0.29, 0.717) is 16.1 Å². The number of amides is 4. The number of rotatable bonds is 8. The Bertz CT molecular complexity index is 1180. The predicted molar refractivity (Wildman–Crippen MR) is 136 cm³/mol. The van der Waals surface area contributed by atoms with Crippen molar-refractivity contribution in [1.29, 1.82) is 0 Å². The molecular weight excluding hydrogens is 524 g/mol. The van der Waals surface area contributed by atoms with Gasteiger partial charge in [-0.3, -0.25) is 4.79 Å². The zero-order chi connectivity index (χ0) is 28.1. The van der Waals surface area contributed by atoms with Crippen LogP contribution in [0.15, 0.2) is 42.6 Å². The van der Waals surface area contributed by atoms with Gasteiger partial charge in [-0.15, -0.1) is 0 Å².